The third-order valence-corrected chi connectivity index (χ3v) is 7.52. The Morgan fingerprint density at radius 3 is 2.67 bits per heavy atom. The van der Waals surface area contributed by atoms with Crippen LogP contribution in [0.2, 0.25) is 0 Å². The molecule has 1 unspecified atom stereocenters. The first kappa shape index (κ1) is 21.4. The number of oxazole rings is 1. The number of halogens is 1. The molecule has 0 amide bonds. The van der Waals surface area contributed by atoms with Gasteiger partial charge < -0.3 is 9.73 Å². The lowest BCUT2D eigenvalue weighted by molar-refractivity contribution is 0.346. The highest BCUT2D eigenvalue weighted by atomic mass is 32.2. The largest absolute Gasteiger partial charge is 0.432 e. The van der Waals surface area contributed by atoms with Crippen molar-refractivity contribution in [1.29, 1.82) is 0 Å². The maximum atomic E-state index is 13.5. The van der Waals surface area contributed by atoms with Gasteiger partial charge in [0.05, 0.1) is 5.69 Å². The van der Waals surface area contributed by atoms with E-state index >= 15 is 0 Å². The average Bonchev–Trinajstić information content (AvgIpc) is 3.41. The summed E-state index contributed by atoms with van der Waals surface area (Å²) in [6.07, 6.45) is 6.58. The number of anilines is 1. The molecule has 5 rings (SSSR count). The van der Waals surface area contributed by atoms with Crippen LogP contribution in [-0.4, -0.2) is 52.9 Å². The number of piperidine rings is 1. The van der Waals surface area contributed by atoms with Crippen molar-refractivity contribution in [2.45, 2.75) is 18.9 Å². The zero-order chi connectivity index (χ0) is 23.0. The molecule has 170 valence electrons. The molecule has 3 aromatic heterocycles. The van der Waals surface area contributed by atoms with Gasteiger partial charge >= 0.3 is 5.84 Å². The van der Waals surface area contributed by atoms with Crippen molar-refractivity contribution in [3.05, 3.63) is 66.8 Å². The number of aromatic nitrogens is 4. The number of hydrogen-bond donors (Lipinski definition) is 1. The Balaban J connectivity index is 1.42. The van der Waals surface area contributed by atoms with Crippen LogP contribution in [0.5, 0.6) is 0 Å². The second-order valence-corrected chi connectivity index (χ2v) is 10.1. The molecule has 33 heavy (non-hydrogen) atoms. The van der Waals surface area contributed by atoms with Crippen LogP contribution in [0.1, 0.15) is 12.8 Å². The van der Waals surface area contributed by atoms with E-state index in [0.29, 0.717) is 36.3 Å². The van der Waals surface area contributed by atoms with Gasteiger partial charge in [0.1, 0.15) is 23.5 Å². The first-order valence-corrected chi connectivity index (χ1v) is 12.3. The van der Waals surface area contributed by atoms with Crippen LogP contribution in [0.25, 0.3) is 28.5 Å². The van der Waals surface area contributed by atoms with Gasteiger partial charge in [-0.1, -0.05) is 6.58 Å². The molecule has 1 fully saturated rings. The summed E-state index contributed by atoms with van der Waals surface area (Å²) in [6, 6.07) is 8.11. The maximum absolute atomic E-state index is 13.5. The number of benzene rings is 1. The zero-order valence-corrected chi connectivity index (χ0v) is 18.7. The quantitative estimate of drug-likeness (QED) is 0.435. The lowest BCUT2D eigenvalue weighted by Gasteiger charge is -2.33. The van der Waals surface area contributed by atoms with Crippen LogP contribution >= 0.6 is 0 Å². The highest BCUT2D eigenvalue weighted by molar-refractivity contribution is 8.00. The molecule has 1 aliphatic rings. The molecule has 1 aromatic carbocycles. The summed E-state index contributed by atoms with van der Waals surface area (Å²) >= 11 is 0. The van der Waals surface area contributed by atoms with Crippen molar-refractivity contribution >= 4 is 27.4 Å². The van der Waals surface area contributed by atoms with E-state index in [0.717, 1.165) is 24.1 Å². The molecule has 4 aromatic rings. The Hall–Kier alpha value is -3.50. The van der Waals surface area contributed by atoms with Crippen molar-refractivity contribution in [2.75, 3.05) is 18.4 Å². The van der Waals surface area contributed by atoms with Gasteiger partial charge in [0.25, 0.3) is 0 Å². The van der Waals surface area contributed by atoms with E-state index in [1.165, 1.54) is 17.5 Å². The fourth-order valence-electron chi connectivity index (χ4n) is 4.00. The van der Waals surface area contributed by atoms with Crippen molar-refractivity contribution < 1.29 is 13.0 Å². The van der Waals surface area contributed by atoms with Crippen molar-refractivity contribution in [1.82, 2.24) is 23.7 Å². The summed E-state index contributed by atoms with van der Waals surface area (Å²) in [5, 5.41) is 4.82. The Bertz CT molecular complexity index is 1400. The Morgan fingerprint density at radius 2 is 1.94 bits per heavy atom. The van der Waals surface area contributed by atoms with Crippen molar-refractivity contribution in [3.63, 3.8) is 0 Å². The molecule has 0 spiro atoms. The van der Waals surface area contributed by atoms with Gasteiger partial charge in [0.15, 0.2) is 0 Å². The molecule has 0 saturated carbocycles. The molecular formula is C23H23FN6O2S. The van der Waals surface area contributed by atoms with Gasteiger partial charge in [-0.2, -0.15) is 4.98 Å². The SMILES string of the molecule is C=CS(=C)(=O)N1CCC(Nc2nccc(-c3c(-c4ccc(F)cc4)nc4occn34)n2)CC1. The lowest BCUT2D eigenvalue weighted by atomic mass is 10.1. The Kier molecular flexibility index (Phi) is 5.47. The summed E-state index contributed by atoms with van der Waals surface area (Å²) in [6.45, 7) is 4.93. The maximum Gasteiger partial charge on any atom is 0.306 e. The molecule has 4 heterocycles. The van der Waals surface area contributed by atoms with Gasteiger partial charge in [-0.15, -0.1) is 0 Å². The van der Waals surface area contributed by atoms with Gasteiger partial charge in [-0.3, -0.25) is 4.40 Å². The first-order valence-electron chi connectivity index (χ1n) is 10.5. The highest BCUT2D eigenvalue weighted by Gasteiger charge is 2.24. The summed E-state index contributed by atoms with van der Waals surface area (Å²) in [5.41, 5.74) is 2.78. The topological polar surface area (TPSA) is 88.6 Å². The minimum absolute atomic E-state index is 0.146. The van der Waals surface area contributed by atoms with Crippen LogP contribution in [0.15, 0.2) is 65.4 Å². The van der Waals surface area contributed by atoms with E-state index in [-0.39, 0.29) is 11.9 Å². The fourth-order valence-corrected chi connectivity index (χ4v) is 5.04. The predicted molar refractivity (Wildman–Crippen MR) is 128 cm³/mol. The highest BCUT2D eigenvalue weighted by Crippen LogP contribution is 2.32. The molecule has 1 atom stereocenters. The molecule has 0 radical (unpaired) electrons. The fraction of sp³-hybridized carbons (Fsp3) is 0.217. The van der Waals surface area contributed by atoms with Crippen LogP contribution < -0.4 is 5.32 Å². The number of hydrogen-bond acceptors (Lipinski definition) is 6. The first-order chi connectivity index (χ1) is 15.9. The molecule has 1 saturated heterocycles. The summed E-state index contributed by atoms with van der Waals surface area (Å²) in [7, 11) is -2.41. The van der Waals surface area contributed by atoms with Gasteiger partial charge in [-0.25, -0.2) is 22.9 Å². The number of nitrogens with one attached hydrogen (secondary N) is 1. The molecule has 8 nitrogen and oxygen atoms in total. The standard InChI is InChI=1S/C23H23FN6O2S/c1-3-33(2,31)29-12-9-18(10-13-29)26-22-25-11-8-19(27-22)21-20(16-4-6-17(24)7-5-16)28-23-30(21)14-15-32-23/h3-8,11,14-15,18H,1-2,9-10,12-13H2,(H,25,26,27). The van der Waals surface area contributed by atoms with E-state index in [4.69, 9.17) is 9.40 Å². The minimum Gasteiger partial charge on any atom is -0.432 e. The van der Waals surface area contributed by atoms with E-state index in [2.05, 4.69) is 27.7 Å². The monoisotopic (exact) mass is 466 g/mol. The average molecular weight is 467 g/mol. The third kappa shape index (κ3) is 4.14. The van der Waals surface area contributed by atoms with Crippen LogP contribution in [0.3, 0.4) is 0 Å². The normalized spacial score (nSPS) is 17.1. The zero-order valence-electron chi connectivity index (χ0n) is 17.9. The van der Waals surface area contributed by atoms with E-state index < -0.39 is 9.71 Å². The van der Waals surface area contributed by atoms with Crippen LogP contribution in [-0.2, 0) is 9.71 Å². The van der Waals surface area contributed by atoms with Gasteiger partial charge in [-0.05, 0) is 49.0 Å². The number of rotatable bonds is 6. The summed E-state index contributed by atoms with van der Waals surface area (Å²) in [4.78, 5) is 13.7. The van der Waals surface area contributed by atoms with E-state index in [1.54, 1.807) is 36.9 Å². The molecular weight excluding hydrogens is 443 g/mol. The predicted octanol–water partition coefficient (Wildman–Crippen LogP) is 3.84. The minimum atomic E-state index is -2.41. The molecule has 1 aliphatic heterocycles. The Labute approximate surface area is 190 Å². The molecule has 1 N–H and O–H groups in total. The lowest BCUT2D eigenvalue weighted by Crippen LogP contribution is -2.41. The number of fused-ring (bicyclic) bond motifs is 1. The Morgan fingerprint density at radius 1 is 1.18 bits per heavy atom. The summed E-state index contributed by atoms with van der Waals surface area (Å²) < 4.78 is 35.0. The van der Waals surface area contributed by atoms with Crippen LogP contribution in [0.4, 0.5) is 10.3 Å². The smallest absolute Gasteiger partial charge is 0.306 e. The van der Waals surface area contributed by atoms with E-state index in [1.807, 2.05) is 8.71 Å². The molecule has 0 aliphatic carbocycles. The van der Waals surface area contributed by atoms with Crippen LogP contribution in [0, 0.1) is 5.82 Å². The number of nitrogens with zero attached hydrogens (tertiary/aromatic N) is 5. The molecule has 10 heteroatoms. The van der Waals surface area contributed by atoms with Crippen molar-refractivity contribution in [3.8, 4) is 22.6 Å². The van der Waals surface area contributed by atoms with Gasteiger partial charge in [0.2, 0.25) is 5.95 Å². The van der Waals surface area contributed by atoms with E-state index in [9.17, 15) is 8.60 Å². The molecule has 0 bridgehead atoms. The third-order valence-electron chi connectivity index (χ3n) is 5.76. The second kappa shape index (κ2) is 8.45. The number of imidazole rings is 1. The summed E-state index contributed by atoms with van der Waals surface area (Å²) in [5.74, 6) is 4.37. The van der Waals surface area contributed by atoms with Gasteiger partial charge in [0, 0.05) is 52.2 Å². The van der Waals surface area contributed by atoms with Crippen molar-refractivity contribution in [2.24, 2.45) is 0 Å². The second-order valence-electron chi connectivity index (χ2n) is 7.84.